The first-order valence-electron chi connectivity index (χ1n) is 7.84. The molecule has 0 spiro atoms. The van der Waals surface area contributed by atoms with Crippen LogP contribution >= 0.6 is 0 Å². The minimum Gasteiger partial charge on any atom is -0.444 e. The number of likely N-dealkylation sites (tertiary alicyclic amines) is 1. The molecule has 2 saturated heterocycles. The molecular weight excluding hydrogens is 270 g/mol. The Labute approximate surface area is 126 Å². The number of ether oxygens (including phenoxy) is 1. The molecule has 1 N–H and O–H groups in total. The first-order valence-corrected chi connectivity index (χ1v) is 7.84. The third kappa shape index (κ3) is 4.59. The number of rotatable bonds is 1. The molecule has 2 aliphatic heterocycles. The van der Waals surface area contributed by atoms with Crippen LogP contribution in [0.3, 0.4) is 0 Å². The van der Waals surface area contributed by atoms with E-state index in [2.05, 4.69) is 5.32 Å². The summed E-state index contributed by atoms with van der Waals surface area (Å²) in [5.74, 6) is 0.106. The second-order valence-corrected chi connectivity index (χ2v) is 6.84. The molecule has 0 aromatic rings. The van der Waals surface area contributed by atoms with Crippen LogP contribution in [-0.2, 0) is 9.53 Å². The van der Waals surface area contributed by atoms with E-state index in [0.29, 0.717) is 13.1 Å². The lowest BCUT2D eigenvalue weighted by Gasteiger charge is -2.36. The fourth-order valence-corrected chi connectivity index (χ4v) is 2.81. The summed E-state index contributed by atoms with van der Waals surface area (Å²) in [6.45, 7) is 9.98. The predicted octanol–water partition coefficient (Wildman–Crippen LogP) is 1.07. The van der Waals surface area contributed by atoms with E-state index in [9.17, 15) is 9.59 Å². The van der Waals surface area contributed by atoms with Crippen molar-refractivity contribution in [1.29, 1.82) is 0 Å². The maximum absolute atomic E-state index is 12.5. The Hall–Kier alpha value is -1.30. The normalized spacial score (nSPS) is 23.9. The SMILES string of the molecule is CC(C)(C)OC(=O)N1CCC[C@@H](C(=O)N2CCNCC2)C1. The van der Waals surface area contributed by atoms with Gasteiger partial charge in [-0.25, -0.2) is 4.79 Å². The Bertz CT molecular complexity index is 386. The maximum atomic E-state index is 12.5. The number of nitrogens with zero attached hydrogens (tertiary/aromatic N) is 2. The Morgan fingerprint density at radius 2 is 1.76 bits per heavy atom. The fourth-order valence-electron chi connectivity index (χ4n) is 2.81. The molecule has 1 atom stereocenters. The number of hydrogen-bond acceptors (Lipinski definition) is 4. The van der Waals surface area contributed by atoms with E-state index in [0.717, 1.165) is 39.0 Å². The summed E-state index contributed by atoms with van der Waals surface area (Å²) in [6, 6.07) is 0. The molecule has 0 bridgehead atoms. The maximum Gasteiger partial charge on any atom is 0.410 e. The molecular formula is C15H27N3O3. The first-order chi connectivity index (χ1) is 9.87. The molecule has 0 unspecified atom stereocenters. The second kappa shape index (κ2) is 6.64. The second-order valence-electron chi connectivity index (χ2n) is 6.84. The molecule has 0 aliphatic carbocycles. The zero-order valence-corrected chi connectivity index (χ0v) is 13.4. The number of hydrogen-bond donors (Lipinski definition) is 1. The van der Waals surface area contributed by atoms with Crippen molar-refractivity contribution in [3.63, 3.8) is 0 Å². The van der Waals surface area contributed by atoms with E-state index in [4.69, 9.17) is 4.74 Å². The van der Waals surface area contributed by atoms with Crippen molar-refractivity contribution in [2.75, 3.05) is 39.3 Å². The van der Waals surface area contributed by atoms with Gasteiger partial charge in [0.05, 0.1) is 5.92 Å². The van der Waals surface area contributed by atoms with Crippen LogP contribution in [0.15, 0.2) is 0 Å². The number of nitrogens with one attached hydrogen (secondary N) is 1. The Kier molecular flexibility index (Phi) is 5.08. The molecule has 0 saturated carbocycles. The smallest absolute Gasteiger partial charge is 0.410 e. The molecule has 0 aromatic carbocycles. The van der Waals surface area contributed by atoms with Crippen molar-refractivity contribution in [2.45, 2.75) is 39.2 Å². The molecule has 6 nitrogen and oxygen atoms in total. The van der Waals surface area contributed by atoms with E-state index >= 15 is 0 Å². The molecule has 2 rings (SSSR count). The standard InChI is InChI=1S/C15H27N3O3/c1-15(2,3)21-14(20)18-8-4-5-12(11-18)13(19)17-9-6-16-7-10-17/h12,16H,4-11H2,1-3H3/t12-/m1/s1. The molecule has 2 heterocycles. The summed E-state index contributed by atoms with van der Waals surface area (Å²) in [7, 11) is 0. The van der Waals surface area contributed by atoms with Gasteiger partial charge in [0.25, 0.3) is 0 Å². The van der Waals surface area contributed by atoms with Gasteiger partial charge in [0.2, 0.25) is 5.91 Å². The largest absolute Gasteiger partial charge is 0.444 e. The van der Waals surface area contributed by atoms with Gasteiger partial charge in [-0.1, -0.05) is 0 Å². The minimum atomic E-state index is -0.493. The summed E-state index contributed by atoms with van der Waals surface area (Å²) >= 11 is 0. The average molecular weight is 297 g/mol. The van der Waals surface area contributed by atoms with Crippen molar-refractivity contribution in [3.8, 4) is 0 Å². The fraction of sp³-hybridized carbons (Fsp3) is 0.867. The lowest BCUT2D eigenvalue weighted by atomic mass is 9.96. The van der Waals surface area contributed by atoms with Gasteiger partial charge >= 0.3 is 6.09 Å². The quantitative estimate of drug-likeness (QED) is 0.786. The number of piperazine rings is 1. The van der Waals surface area contributed by atoms with E-state index in [1.54, 1.807) is 4.90 Å². The zero-order valence-electron chi connectivity index (χ0n) is 13.4. The summed E-state index contributed by atoms with van der Waals surface area (Å²) in [4.78, 5) is 28.2. The lowest BCUT2D eigenvalue weighted by Crippen LogP contribution is -2.52. The Morgan fingerprint density at radius 3 is 2.38 bits per heavy atom. The Morgan fingerprint density at radius 1 is 1.10 bits per heavy atom. The van der Waals surface area contributed by atoms with Crippen LogP contribution in [0.25, 0.3) is 0 Å². The van der Waals surface area contributed by atoms with Crippen molar-refractivity contribution in [3.05, 3.63) is 0 Å². The van der Waals surface area contributed by atoms with Gasteiger partial charge in [-0.15, -0.1) is 0 Å². The van der Waals surface area contributed by atoms with E-state index < -0.39 is 5.60 Å². The third-order valence-corrected chi connectivity index (χ3v) is 3.85. The lowest BCUT2D eigenvalue weighted by molar-refractivity contribution is -0.137. The summed E-state index contributed by atoms with van der Waals surface area (Å²) in [6.07, 6.45) is 1.42. The van der Waals surface area contributed by atoms with Gasteiger partial charge < -0.3 is 19.9 Å². The first kappa shape index (κ1) is 16.1. The topological polar surface area (TPSA) is 61.9 Å². The molecule has 21 heavy (non-hydrogen) atoms. The highest BCUT2D eigenvalue weighted by molar-refractivity contribution is 5.80. The summed E-state index contributed by atoms with van der Waals surface area (Å²) < 4.78 is 5.40. The molecule has 2 aliphatic rings. The minimum absolute atomic E-state index is 0.0793. The van der Waals surface area contributed by atoms with Crippen molar-refractivity contribution in [2.24, 2.45) is 5.92 Å². The number of carbonyl (C=O) groups excluding carboxylic acids is 2. The molecule has 2 amide bonds. The van der Waals surface area contributed by atoms with Crippen LogP contribution in [0.4, 0.5) is 4.79 Å². The van der Waals surface area contributed by atoms with Crippen molar-refractivity contribution >= 4 is 12.0 Å². The van der Waals surface area contributed by atoms with Crippen LogP contribution in [-0.4, -0.2) is 66.7 Å². The molecule has 2 fully saturated rings. The zero-order chi connectivity index (χ0) is 15.5. The van der Waals surface area contributed by atoms with E-state index in [1.165, 1.54) is 0 Å². The average Bonchev–Trinajstić information content (AvgIpc) is 2.46. The van der Waals surface area contributed by atoms with Crippen LogP contribution in [0.1, 0.15) is 33.6 Å². The van der Waals surface area contributed by atoms with Gasteiger partial charge in [0.1, 0.15) is 5.60 Å². The Balaban J connectivity index is 1.90. The van der Waals surface area contributed by atoms with E-state index in [-0.39, 0.29) is 17.9 Å². The summed E-state index contributed by atoms with van der Waals surface area (Å²) in [5, 5.41) is 3.25. The predicted molar refractivity (Wildman–Crippen MR) is 80.0 cm³/mol. The van der Waals surface area contributed by atoms with Crippen LogP contribution in [0.5, 0.6) is 0 Å². The molecule has 0 radical (unpaired) electrons. The molecule has 120 valence electrons. The number of piperidine rings is 1. The van der Waals surface area contributed by atoms with Crippen LogP contribution in [0.2, 0.25) is 0 Å². The van der Waals surface area contributed by atoms with Gasteiger partial charge in [-0.2, -0.15) is 0 Å². The third-order valence-electron chi connectivity index (χ3n) is 3.85. The highest BCUT2D eigenvalue weighted by atomic mass is 16.6. The highest BCUT2D eigenvalue weighted by Crippen LogP contribution is 2.21. The van der Waals surface area contributed by atoms with Crippen molar-refractivity contribution < 1.29 is 14.3 Å². The van der Waals surface area contributed by atoms with Gasteiger partial charge in [-0.3, -0.25) is 4.79 Å². The monoisotopic (exact) mass is 297 g/mol. The van der Waals surface area contributed by atoms with E-state index in [1.807, 2.05) is 25.7 Å². The van der Waals surface area contributed by atoms with Crippen LogP contribution in [0, 0.1) is 5.92 Å². The number of carbonyl (C=O) groups is 2. The summed E-state index contributed by atoms with van der Waals surface area (Å²) in [5.41, 5.74) is -0.493. The molecule has 0 aromatic heterocycles. The van der Waals surface area contributed by atoms with Crippen LogP contribution < -0.4 is 5.32 Å². The highest BCUT2D eigenvalue weighted by Gasteiger charge is 2.33. The number of amides is 2. The van der Waals surface area contributed by atoms with Gasteiger partial charge in [-0.05, 0) is 33.6 Å². The van der Waals surface area contributed by atoms with Gasteiger partial charge in [0, 0.05) is 39.3 Å². The van der Waals surface area contributed by atoms with Gasteiger partial charge in [0.15, 0.2) is 0 Å². The van der Waals surface area contributed by atoms with Crippen molar-refractivity contribution in [1.82, 2.24) is 15.1 Å². The molecule has 6 heteroatoms.